The van der Waals surface area contributed by atoms with Crippen LogP contribution in [0.1, 0.15) is 52.5 Å². The first kappa shape index (κ1) is 17.2. The number of hydrogen-bond acceptors (Lipinski definition) is 2. The smallest absolute Gasteiger partial charge is 0.0236 e. The summed E-state index contributed by atoms with van der Waals surface area (Å²) in [5.74, 6) is 0. The van der Waals surface area contributed by atoms with Crippen LogP contribution < -0.4 is 5.73 Å². The molecule has 1 aromatic rings. The number of hydrogen-bond donors (Lipinski definition) is 1. The number of nitrogens with zero attached hydrogens (tertiary/aromatic N) is 1. The molecular formula is C18H32N2. The predicted molar refractivity (Wildman–Crippen MR) is 88.7 cm³/mol. The topological polar surface area (TPSA) is 29.3 Å². The fourth-order valence-electron chi connectivity index (χ4n) is 2.36. The van der Waals surface area contributed by atoms with Gasteiger partial charge in [0.15, 0.2) is 0 Å². The normalized spacial score (nSPS) is 12.3. The van der Waals surface area contributed by atoms with Crippen LogP contribution in [0.3, 0.4) is 0 Å². The van der Waals surface area contributed by atoms with Crippen molar-refractivity contribution < 1.29 is 0 Å². The third-order valence-electron chi connectivity index (χ3n) is 4.06. The second-order valence-electron chi connectivity index (χ2n) is 6.88. The molecule has 0 aromatic heterocycles. The molecule has 0 aliphatic heterocycles. The molecule has 1 aromatic carbocycles. The summed E-state index contributed by atoms with van der Waals surface area (Å²) in [5.41, 5.74) is 7.49. The molecule has 0 bridgehead atoms. The van der Waals surface area contributed by atoms with Gasteiger partial charge in [-0.15, -0.1) is 0 Å². The SMILES string of the molecule is CC(C)N(CCCCC(C)(C)CN)Cc1ccccc1. The van der Waals surface area contributed by atoms with Crippen molar-refractivity contribution in [3.05, 3.63) is 35.9 Å². The molecule has 0 heterocycles. The van der Waals surface area contributed by atoms with Gasteiger partial charge in [-0.05, 0) is 50.8 Å². The largest absolute Gasteiger partial charge is 0.330 e. The van der Waals surface area contributed by atoms with Gasteiger partial charge in [-0.25, -0.2) is 0 Å². The van der Waals surface area contributed by atoms with Crippen molar-refractivity contribution in [2.75, 3.05) is 13.1 Å². The summed E-state index contributed by atoms with van der Waals surface area (Å²) < 4.78 is 0. The average molecular weight is 276 g/mol. The van der Waals surface area contributed by atoms with Crippen LogP contribution in [0.4, 0.5) is 0 Å². The maximum absolute atomic E-state index is 5.79. The van der Waals surface area contributed by atoms with Gasteiger partial charge in [0.2, 0.25) is 0 Å². The first-order valence-corrected chi connectivity index (χ1v) is 7.92. The molecule has 0 saturated heterocycles. The van der Waals surface area contributed by atoms with E-state index >= 15 is 0 Å². The van der Waals surface area contributed by atoms with Gasteiger partial charge >= 0.3 is 0 Å². The first-order valence-electron chi connectivity index (χ1n) is 7.92. The van der Waals surface area contributed by atoms with Gasteiger partial charge in [0, 0.05) is 12.6 Å². The second kappa shape index (κ2) is 8.43. The third kappa shape index (κ3) is 6.53. The lowest BCUT2D eigenvalue weighted by molar-refractivity contribution is 0.203. The predicted octanol–water partition coefficient (Wildman–Crippen LogP) is 4.05. The summed E-state index contributed by atoms with van der Waals surface area (Å²) in [5, 5.41) is 0. The van der Waals surface area contributed by atoms with E-state index in [2.05, 4.69) is 62.9 Å². The lowest BCUT2D eigenvalue weighted by Gasteiger charge is -2.27. The Labute approximate surface area is 125 Å². The number of nitrogens with two attached hydrogens (primary N) is 1. The minimum Gasteiger partial charge on any atom is -0.330 e. The van der Waals surface area contributed by atoms with Gasteiger partial charge in [0.05, 0.1) is 0 Å². The lowest BCUT2D eigenvalue weighted by atomic mass is 9.87. The Kier molecular flexibility index (Phi) is 7.25. The standard InChI is InChI=1S/C18H32N2/c1-16(2)20(14-17-10-6-5-7-11-17)13-9-8-12-18(3,4)15-19/h5-7,10-11,16H,8-9,12-15,19H2,1-4H3. The van der Waals surface area contributed by atoms with Gasteiger partial charge in [-0.2, -0.15) is 0 Å². The molecule has 20 heavy (non-hydrogen) atoms. The van der Waals surface area contributed by atoms with Crippen LogP contribution in [-0.4, -0.2) is 24.0 Å². The quantitative estimate of drug-likeness (QED) is 0.689. The Morgan fingerprint density at radius 3 is 2.30 bits per heavy atom. The van der Waals surface area contributed by atoms with Crippen LogP contribution in [0.2, 0.25) is 0 Å². The summed E-state index contributed by atoms with van der Waals surface area (Å²) in [7, 11) is 0. The summed E-state index contributed by atoms with van der Waals surface area (Å²) in [6.45, 7) is 12.1. The Balaban J connectivity index is 2.37. The van der Waals surface area contributed by atoms with Crippen LogP contribution in [0.25, 0.3) is 0 Å². The van der Waals surface area contributed by atoms with E-state index in [1.165, 1.54) is 31.4 Å². The minimum absolute atomic E-state index is 0.294. The maximum atomic E-state index is 5.79. The Bertz CT molecular complexity index is 357. The van der Waals surface area contributed by atoms with Crippen molar-refractivity contribution >= 4 is 0 Å². The number of unbranched alkanes of at least 4 members (excludes halogenated alkanes) is 1. The molecule has 1 rings (SSSR count). The van der Waals surface area contributed by atoms with E-state index < -0.39 is 0 Å². The van der Waals surface area contributed by atoms with Crippen LogP contribution >= 0.6 is 0 Å². The zero-order valence-corrected chi connectivity index (χ0v) is 13.7. The van der Waals surface area contributed by atoms with Crippen LogP contribution in [-0.2, 0) is 6.54 Å². The molecule has 114 valence electrons. The molecule has 0 amide bonds. The van der Waals surface area contributed by atoms with Gasteiger partial charge in [0.1, 0.15) is 0 Å². The molecule has 2 nitrogen and oxygen atoms in total. The van der Waals surface area contributed by atoms with Crippen LogP contribution in [0, 0.1) is 5.41 Å². The lowest BCUT2D eigenvalue weighted by Crippen LogP contribution is -2.31. The zero-order valence-electron chi connectivity index (χ0n) is 13.7. The Morgan fingerprint density at radius 1 is 1.10 bits per heavy atom. The fourth-order valence-corrected chi connectivity index (χ4v) is 2.36. The maximum Gasteiger partial charge on any atom is 0.0236 e. The molecule has 0 spiro atoms. The Hall–Kier alpha value is -0.860. The fraction of sp³-hybridized carbons (Fsp3) is 0.667. The van der Waals surface area contributed by atoms with Crippen molar-refractivity contribution in [1.82, 2.24) is 4.90 Å². The molecule has 0 fully saturated rings. The highest BCUT2D eigenvalue weighted by Gasteiger charge is 2.15. The summed E-state index contributed by atoms with van der Waals surface area (Å²) >= 11 is 0. The Morgan fingerprint density at radius 2 is 1.75 bits per heavy atom. The molecule has 0 radical (unpaired) electrons. The second-order valence-corrected chi connectivity index (χ2v) is 6.88. The van der Waals surface area contributed by atoms with E-state index in [1.807, 2.05) is 0 Å². The van der Waals surface area contributed by atoms with Gasteiger partial charge in [-0.3, -0.25) is 4.90 Å². The van der Waals surface area contributed by atoms with Crippen molar-refractivity contribution in [3.63, 3.8) is 0 Å². The first-order chi connectivity index (χ1) is 9.44. The highest BCUT2D eigenvalue weighted by Crippen LogP contribution is 2.21. The molecule has 0 atom stereocenters. The van der Waals surface area contributed by atoms with Crippen molar-refractivity contribution in [2.24, 2.45) is 11.1 Å². The average Bonchev–Trinajstić information content (AvgIpc) is 2.43. The third-order valence-corrected chi connectivity index (χ3v) is 4.06. The summed E-state index contributed by atoms with van der Waals surface area (Å²) in [6.07, 6.45) is 3.75. The van der Waals surface area contributed by atoms with E-state index in [0.29, 0.717) is 11.5 Å². The van der Waals surface area contributed by atoms with Crippen molar-refractivity contribution in [2.45, 2.75) is 59.5 Å². The van der Waals surface area contributed by atoms with Gasteiger partial charge in [-0.1, -0.05) is 50.6 Å². The molecule has 0 unspecified atom stereocenters. The minimum atomic E-state index is 0.294. The highest BCUT2D eigenvalue weighted by molar-refractivity contribution is 5.14. The van der Waals surface area contributed by atoms with Gasteiger partial charge < -0.3 is 5.73 Å². The van der Waals surface area contributed by atoms with Crippen LogP contribution in [0.5, 0.6) is 0 Å². The van der Waals surface area contributed by atoms with E-state index in [-0.39, 0.29) is 0 Å². The molecular weight excluding hydrogens is 244 g/mol. The van der Waals surface area contributed by atoms with E-state index in [1.54, 1.807) is 0 Å². The molecule has 0 saturated carbocycles. The molecule has 2 N–H and O–H groups in total. The molecule has 2 heteroatoms. The van der Waals surface area contributed by atoms with Crippen LogP contribution in [0.15, 0.2) is 30.3 Å². The van der Waals surface area contributed by atoms with Crippen molar-refractivity contribution in [3.8, 4) is 0 Å². The molecule has 0 aliphatic carbocycles. The van der Waals surface area contributed by atoms with E-state index in [0.717, 1.165) is 13.1 Å². The summed E-state index contributed by atoms with van der Waals surface area (Å²) in [4.78, 5) is 2.56. The zero-order chi connectivity index (χ0) is 15.0. The monoisotopic (exact) mass is 276 g/mol. The molecule has 0 aliphatic rings. The highest BCUT2D eigenvalue weighted by atomic mass is 15.1. The summed E-state index contributed by atoms with van der Waals surface area (Å²) in [6, 6.07) is 11.4. The van der Waals surface area contributed by atoms with E-state index in [9.17, 15) is 0 Å². The van der Waals surface area contributed by atoms with Gasteiger partial charge in [0.25, 0.3) is 0 Å². The van der Waals surface area contributed by atoms with E-state index in [4.69, 9.17) is 5.73 Å². The number of rotatable bonds is 9. The van der Waals surface area contributed by atoms with Crippen molar-refractivity contribution in [1.29, 1.82) is 0 Å². The number of benzene rings is 1.